The normalized spacial score (nSPS) is 13.2. The van der Waals surface area contributed by atoms with Crippen molar-refractivity contribution in [2.24, 2.45) is 5.73 Å². The van der Waals surface area contributed by atoms with E-state index in [0.29, 0.717) is 6.54 Å². The average Bonchev–Trinajstić information content (AvgIpc) is 2.55. The van der Waals surface area contributed by atoms with Crippen LogP contribution in [0.4, 0.5) is 0 Å². The van der Waals surface area contributed by atoms with Crippen molar-refractivity contribution in [1.29, 1.82) is 0 Å². The summed E-state index contributed by atoms with van der Waals surface area (Å²) in [6, 6.07) is 0. The Balaban J connectivity index is 2.72. The zero-order valence-electron chi connectivity index (χ0n) is 7.41. The van der Waals surface area contributed by atoms with Gasteiger partial charge in [0.1, 0.15) is 6.10 Å². The van der Waals surface area contributed by atoms with Crippen LogP contribution in [0.25, 0.3) is 0 Å². The zero-order valence-corrected chi connectivity index (χ0v) is 8.23. The maximum Gasteiger partial charge on any atom is 0.112 e. The van der Waals surface area contributed by atoms with Crippen molar-refractivity contribution in [2.75, 3.05) is 13.7 Å². The molecular weight excluding hydrogens is 172 g/mol. The standard InChI is InChI=1S/C8H14N2OS/c1-3-8-10-6(5-12-8)7(4-9)11-2/h5,7H,3-4,9H2,1-2H3. The predicted octanol–water partition coefficient (Wildman–Crippen LogP) is 1.35. The molecule has 0 aliphatic rings. The first-order chi connectivity index (χ1) is 5.81. The number of aromatic nitrogens is 1. The topological polar surface area (TPSA) is 48.1 Å². The number of rotatable bonds is 4. The SMILES string of the molecule is CCc1nc(C(CN)OC)cs1. The minimum absolute atomic E-state index is 0.0402. The third-order valence-corrected chi connectivity index (χ3v) is 2.71. The lowest BCUT2D eigenvalue weighted by Gasteiger charge is -2.08. The number of hydrogen-bond donors (Lipinski definition) is 1. The smallest absolute Gasteiger partial charge is 0.112 e. The van der Waals surface area contributed by atoms with Crippen molar-refractivity contribution in [3.63, 3.8) is 0 Å². The number of nitrogens with zero attached hydrogens (tertiary/aromatic N) is 1. The van der Waals surface area contributed by atoms with E-state index in [1.165, 1.54) is 0 Å². The van der Waals surface area contributed by atoms with Gasteiger partial charge in [-0.2, -0.15) is 0 Å². The lowest BCUT2D eigenvalue weighted by molar-refractivity contribution is 0.107. The van der Waals surface area contributed by atoms with Gasteiger partial charge in [0, 0.05) is 19.0 Å². The summed E-state index contributed by atoms with van der Waals surface area (Å²) in [5.74, 6) is 0. The van der Waals surface area contributed by atoms with Crippen LogP contribution in [0.5, 0.6) is 0 Å². The molecule has 2 N–H and O–H groups in total. The van der Waals surface area contributed by atoms with Gasteiger partial charge >= 0.3 is 0 Å². The van der Waals surface area contributed by atoms with Gasteiger partial charge in [-0.05, 0) is 6.42 Å². The van der Waals surface area contributed by atoms with Crippen LogP contribution in [-0.2, 0) is 11.2 Å². The van der Waals surface area contributed by atoms with E-state index in [4.69, 9.17) is 10.5 Å². The molecule has 1 unspecified atom stereocenters. The van der Waals surface area contributed by atoms with Gasteiger partial charge in [0.05, 0.1) is 10.7 Å². The molecule has 0 spiro atoms. The molecule has 0 amide bonds. The van der Waals surface area contributed by atoms with Crippen molar-refractivity contribution in [3.05, 3.63) is 16.1 Å². The highest BCUT2D eigenvalue weighted by Gasteiger charge is 2.11. The number of ether oxygens (including phenoxy) is 1. The zero-order chi connectivity index (χ0) is 8.97. The van der Waals surface area contributed by atoms with Crippen LogP contribution in [0.3, 0.4) is 0 Å². The third kappa shape index (κ3) is 2.03. The highest BCUT2D eigenvalue weighted by molar-refractivity contribution is 7.09. The van der Waals surface area contributed by atoms with E-state index in [1.807, 2.05) is 5.38 Å². The highest BCUT2D eigenvalue weighted by atomic mass is 32.1. The molecule has 1 heterocycles. The summed E-state index contributed by atoms with van der Waals surface area (Å²) in [6.45, 7) is 2.58. The Morgan fingerprint density at radius 2 is 2.50 bits per heavy atom. The van der Waals surface area contributed by atoms with Gasteiger partial charge in [-0.1, -0.05) is 6.92 Å². The Morgan fingerprint density at radius 1 is 1.75 bits per heavy atom. The van der Waals surface area contributed by atoms with Gasteiger partial charge in [0.2, 0.25) is 0 Å². The second-order valence-electron chi connectivity index (χ2n) is 2.48. The molecule has 0 saturated heterocycles. The number of methoxy groups -OCH3 is 1. The first kappa shape index (κ1) is 9.64. The van der Waals surface area contributed by atoms with Crippen LogP contribution >= 0.6 is 11.3 Å². The summed E-state index contributed by atoms with van der Waals surface area (Å²) >= 11 is 1.66. The molecule has 0 aromatic carbocycles. The molecule has 0 bridgehead atoms. The fraction of sp³-hybridized carbons (Fsp3) is 0.625. The van der Waals surface area contributed by atoms with E-state index >= 15 is 0 Å². The molecule has 0 radical (unpaired) electrons. The molecular formula is C8H14N2OS. The summed E-state index contributed by atoms with van der Waals surface area (Å²) < 4.78 is 5.16. The quantitative estimate of drug-likeness (QED) is 0.772. The Kier molecular flexibility index (Phi) is 3.65. The summed E-state index contributed by atoms with van der Waals surface area (Å²) in [4.78, 5) is 4.38. The second kappa shape index (κ2) is 4.54. The van der Waals surface area contributed by atoms with Crippen molar-refractivity contribution < 1.29 is 4.74 Å². The fourth-order valence-electron chi connectivity index (χ4n) is 0.973. The van der Waals surface area contributed by atoms with Crippen LogP contribution < -0.4 is 5.73 Å². The van der Waals surface area contributed by atoms with Crippen molar-refractivity contribution >= 4 is 11.3 Å². The van der Waals surface area contributed by atoms with Crippen LogP contribution in [0, 0.1) is 0 Å². The molecule has 1 aromatic heterocycles. The molecule has 3 nitrogen and oxygen atoms in total. The Hall–Kier alpha value is -0.450. The molecule has 1 atom stereocenters. The van der Waals surface area contributed by atoms with Crippen LogP contribution in [0.1, 0.15) is 23.7 Å². The molecule has 12 heavy (non-hydrogen) atoms. The van der Waals surface area contributed by atoms with E-state index in [1.54, 1.807) is 18.4 Å². The van der Waals surface area contributed by atoms with Crippen LogP contribution in [-0.4, -0.2) is 18.6 Å². The van der Waals surface area contributed by atoms with Gasteiger partial charge in [-0.25, -0.2) is 4.98 Å². The predicted molar refractivity (Wildman–Crippen MR) is 50.3 cm³/mol. The maximum atomic E-state index is 5.51. The second-order valence-corrected chi connectivity index (χ2v) is 3.42. The lowest BCUT2D eigenvalue weighted by atomic mass is 10.3. The minimum atomic E-state index is -0.0402. The van der Waals surface area contributed by atoms with Crippen molar-refractivity contribution in [2.45, 2.75) is 19.4 Å². The third-order valence-electron chi connectivity index (χ3n) is 1.70. The first-order valence-corrected chi connectivity index (χ1v) is 4.87. The molecule has 0 fully saturated rings. The van der Waals surface area contributed by atoms with Gasteiger partial charge in [-0.3, -0.25) is 0 Å². The first-order valence-electron chi connectivity index (χ1n) is 3.99. The Labute approximate surface area is 76.6 Å². The van der Waals surface area contributed by atoms with E-state index in [-0.39, 0.29) is 6.10 Å². The monoisotopic (exact) mass is 186 g/mol. The van der Waals surface area contributed by atoms with Gasteiger partial charge in [-0.15, -0.1) is 11.3 Å². The molecule has 0 aliphatic heterocycles. The van der Waals surface area contributed by atoms with Crippen LogP contribution in [0.2, 0.25) is 0 Å². The summed E-state index contributed by atoms with van der Waals surface area (Å²) in [7, 11) is 1.66. The number of nitrogens with two attached hydrogens (primary N) is 1. The maximum absolute atomic E-state index is 5.51. The largest absolute Gasteiger partial charge is 0.374 e. The van der Waals surface area contributed by atoms with Gasteiger partial charge in [0.25, 0.3) is 0 Å². The van der Waals surface area contributed by atoms with E-state index < -0.39 is 0 Å². The molecule has 68 valence electrons. The highest BCUT2D eigenvalue weighted by Crippen LogP contribution is 2.18. The van der Waals surface area contributed by atoms with Crippen molar-refractivity contribution in [3.8, 4) is 0 Å². The molecule has 0 saturated carbocycles. The minimum Gasteiger partial charge on any atom is -0.374 e. The van der Waals surface area contributed by atoms with Gasteiger partial charge in [0.15, 0.2) is 0 Å². The Morgan fingerprint density at radius 3 is 2.92 bits per heavy atom. The molecule has 1 aromatic rings. The summed E-state index contributed by atoms with van der Waals surface area (Å²) in [5.41, 5.74) is 6.47. The van der Waals surface area contributed by atoms with Crippen molar-refractivity contribution in [1.82, 2.24) is 4.98 Å². The molecule has 4 heteroatoms. The Bertz CT molecular complexity index is 233. The van der Waals surface area contributed by atoms with E-state index in [9.17, 15) is 0 Å². The number of aryl methyl sites for hydroxylation is 1. The lowest BCUT2D eigenvalue weighted by Crippen LogP contribution is -2.14. The molecule has 1 rings (SSSR count). The summed E-state index contributed by atoms with van der Waals surface area (Å²) in [6.07, 6.45) is 0.938. The van der Waals surface area contributed by atoms with Crippen LogP contribution in [0.15, 0.2) is 5.38 Å². The number of hydrogen-bond acceptors (Lipinski definition) is 4. The average molecular weight is 186 g/mol. The fourth-order valence-corrected chi connectivity index (χ4v) is 1.76. The molecule has 0 aliphatic carbocycles. The summed E-state index contributed by atoms with van der Waals surface area (Å²) in [5, 5.41) is 3.15. The number of thiazole rings is 1. The van der Waals surface area contributed by atoms with E-state index in [0.717, 1.165) is 17.1 Å². The van der Waals surface area contributed by atoms with Gasteiger partial charge < -0.3 is 10.5 Å². The van der Waals surface area contributed by atoms with E-state index in [2.05, 4.69) is 11.9 Å².